The van der Waals surface area contributed by atoms with Gasteiger partial charge in [-0.3, -0.25) is 0 Å². The summed E-state index contributed by atoms with van der Waals surface area (Å²) >= 11 is 1.83. The summed E-state index contributed by atoms with van der Waals surface area (Å²) in [7, 11) is 0. The third-order valence-electron chi connectivity index (χ3n) is 2.43. The lowest BCUT2D eigenvalue weighted by Gasteiger charge is -2.21. The zero-order chi connectivity index (χ0) is 11.3. The first kappa shape index (κ1) is 12.5. The molecule has 0 amide bonds. The Morgan fingerprint density at radius 3 is 2.73 bits per heavy atom. The molecule has 0 radical (unpaired) electrons. The van der Waals surface area contributed by atoms with Crippen molar-refractivity contribution in [1.82, 2.24) is 5.32 Å². The van der Waals surface area contributed by atoms with Gasteiger partial charge in [-0.15, -0.1) is 17.9 Å². The molecule has 0 spiro atoms. The minimum Gasteiger partial charge on any atom is -0.309 e. The second kappa shape index (κ2) is 6.09. The van der Waals surface area contributed by atoms with Crippen LogP contribution in [0.1, 0.15) is 38.1 Å². The number of hydrogen-bond donors (Lipinski definition) is 1. The third kappa shape index (κ3) is 4.18. The molecule has 1 rings (SSSR count). The standard InChI is InChI=1S/C13H21NS/c1-10(2)7-8-14-13(11(3)4)12-6-5-9-15-12/h5-6,9,11,13-14H,1,7-8H2,2-4H3. The van der Waals surface area contributed by atoms with Crippen molar-refractivity contribution in [3.8, 4) is 0 Å². The predicted octanol–water partition coefficient (Wildman–Crippen LogP) is 4.00. The van der Waals surface area contributed by atoms with Crippen LogP contribution in [0.15, 0.2) is 29.7 Å². The van der Waals surface area contributed by atoms with Gasteiger partial charge in [0.05, 0.1) is 0 Å². The Balaban J connectivity index is 2.49. The number of thiophene rings is 1. The van der Waals surface area contributed by atoms with E-state index in [4.69, 9.17) is 0 Å². The first-order valence-electron chi connectivity index (χ1n) is 5.52. The molecular weight excluding hydrogens is 202 g/mol. The fourth-order valence-electron chi connectivity index (χ4n) is 1.57. The van der Waals surface area contributed by atoms with E-state index in [1.165, 1.54) is 10.5 Å². The Hall–Kier alpha value is -0.600. The molecule has 1 heterocycles. The minimum atomic E-state index is 0.490. The summed E-state index contributed by atoms with van der Waals surface area (Å²) in [5.74, 6) is 0.633. The van der Waals surface area contributed by atoms with Crippen molar-refractivity contribution >= 4 is 11.3 Å². The van der Waals surface area contributed by atoms with E-state index in [0.29, 0.717) is 12.0 Å². The zero-order valence-electron chi connectivity index (χ0n) is 9.92. The van der Waals surface area contributed by atoms with Crippen LogP contribution in [-0.4, -0.2) is 6.54 Å². The van der Waals surface area contributed by atoms with E-state index < -0.39 is 0 Å². The van der Waals surface area contributed by atoms with Gasteiger partial charge in [-0.1, -0.05) is 25.5 Å². The molecular formula is C13H21NS. The summed E-state index contributed by atoms with van der Waals surface area (Å²) in [5, 5.41) is 5.75. The quantitative estimate of drug-likeness (QED) is 0.719. The highest BCUT2D eigenvalue weighted by Gasteiger charge is 2.15. The molecule has 2 heteroatoms. The maximum Gasteiger partial charge on any atom is 0.0438 e. The topological polar surface area (TPSA) is 12.0 Å². The van der Waals surface area contributed by atoms with E-state index in [1.807, 2.05) is 11.3 Å². The van der Waals surface area contributed by atoms with Crippen LogP contribution in [0, 0.1) is 5.92 Å². The summed E-state index contributed by atoms with van der Waals surface area (Å²) in [6.45, 7) is 11.6. The SMILES string of the molecule is C=C(C)CCNC(c1cccs1)C(C)C. The van der Waals surface area contributed by atoms with Crippen LogP contribution in [-0.2, 0) is 0 Å². The van der Waals surface area contributed by atoms with E-state index in [0.717, 1.165) is 13.0 Å². The van der Waals surface area contributed by atoms with Gasteiger partial charge >= 0.3 is 0 Å². The highest BCUT2D eigenvalue weighted by atomic mass is 32.1. The van der Waals surface area contributed by atoms with Crippen molar-refractivity contribution in [2.75, 3.05) is 6.54 Å². The zero-order valence-corrected chi connectivity index (χ0v) is 10.7. The van der Waals surface area contributed by atoms with Gasteiger partial charge in [0.2, 0.25) is 0 Å². The fourth-order valence-corrected chi connectivity index (χ4v) is 2.55. The molecule has 1 nitrogen and oxygen atoms in total. The van der Waals surface area contributed by atoms with Gasteiger partial charge in [-0.25, -0.2) is 0 Å². The van der Waals surface area contributed by atoms with Gasteiger partial charge in [-0.05, 0) is 37.3 Å². The Labute approximate surface area is 97.2 Å². The minimum absolute atomic E-state index is 0.490. The molecule has 84 valence electrons. The van der Waals surface area contributed by atoms with Crippen LogP contribution in [0.25, 0.3) is 0 Å². The van der Waals surface area contributed by atoms with Crippen molar-refractivity contribution in [2.45, 2.75) is 33.2 Å². The second-order valence-electron chi connectivity index (χ2n) is 4.40. The lowest BCUT2D eigenvalue weighted by atomic mass is 10.0. The monoisotopic (exact) mass is 223 g/mol. The van der Waals surface area contributed by atoms with Crippen molar-refractivity contribution in [3.05, 3.63) is 34.5 Å². The predicted molar refractivity (Wildman–Crippen MR) is 69.3 cm³/mol. The highest BCUT2D eigenvalue weighted by molar-refractivity contribution is 7.10. The summed E-state index contributed by atoms with van der Waals surface area (Å²) in [5.41, 5.74) is 1.25. The molecule has 1 N–H and O–H groups in total. The van der Waals surface area contributed by atoms with Gasteiger partial charge < -0.3 is 5.32 Å². The number of hydrogen-bond acceptors (Lipinski definition) is 2. The molecule has 1 aromatic rings. The normalized spacial score (nSPS) is 13.1. The molecule has 0 aliphatic heterocycles. The smallest absolute Gasteiger partial charge is 0.0438 e. The van der Waals surface area contributed by atoms with Crippen LogP contribution in [0.3, 0.4) is 0 Å². The van der Waals surface area contributed by atoms with Crippen molar-refractivity contribution in [3.63, 3.8) is 0 Å². The Bertz CT molecular complexity index is 287. The summed E-state index contributed by atoms with van der Waals surface area (Å²) in [6.07, 6.45) is 1.06. The van der Waals surface area contributed by atoms with Gasteiger partial charge in [0, 0.05) is 10.9 Å². The third-order valence-corrected chi connectivity index (χ3v) is 3.39. The van der Waals surface area contributed by atoms with E-state index in [9.17, 15) is 0 Å². The van der Waals surface area contributed by atoms with Gasteiger partial charge in [-0.2, -0.15) is 0 Å². The van der Waals surface area contributed by atoms with Crippen LogP contribution in [0.5, 0.6) is 0 Å². The number of nitrogens with one attached hydrogen (secondary N) is 1. The van der Waals surface area contributed by atoms with Crippen molar-refractivity contribution < 1.29 is 0 Å². The first-order valence-corrected chi connectivity index (χ1v) is 6.40. The molecule has 1 unspecified atom stereocenters. The Morgan fingerprint density at radius 1 is 1.53 bits per heavy atom. The van der Waals surface area contributed by atoms with E-state index in [2.05, 4.69) is 50.2 Å². The van der Waals surface area contributed by atoms with Crippen LogP contribution in [0.2, 0.25) is 0 Å². The highest BCUT2D eigenvalue weighted by Crippen LogP contribution is 2.25. The second-order valence-corrected chi connectivity index (χ2v) is 5.38. The maximum absolute atomic E-state index is 3.92. The van der Waals surface area contributed by atoms with Crippen molar-refractivity contribution in [1.29, 1.82) is 0 Å². The fraction of sp³-hybridized carbons (Fsp3) is 0.538. The van der Waals surface area contributed by atoms with Gasteiger partial charge in [0.25, 0.3) is 0 Å². The van der Waals surface area contributed by atoms with Crippen LogP contribution >= 0.6 is 11.3 Å². The summed E-state index contributed by atoms with van der Waals surface area (Å²) in [6, 6.07) is 4.82. The largest absolute Gasteiger partial charge is 0.309 e. The average Bonchev–Trinajstić information content (AvgIpc) is 2.63. The average molecular weight is 223 g/mol. The van der Waals surface area contributed by atoms with E-state index >= 15 is 0 Å². The molecule has 0 aliphatic rings. The summed E-state index contributed by atoms with van der Waals surface area (Å²) in [4.78, 5) is 1.44. The Kier molecular flexibility index (Phi) is 5.06. The first-order chi connectivity index (χ1) is 7.11. The van der Waals surface area contributed by atoms with Gasteiger partial charge in [0.1, 0.15) is 0 Å². The van der Waals surface area contributed by atoms with Crippen molar-refractivity contribution in [2.24, 2.45) is 5.92 Å². The van der Waals surface area contributed by atoms with E-state index in [-0.39, 0.29) is 0 Å². The molecule has 0 bridgehead atoms. The molecule has 0 saturated carbocycles. The molecule has 0 aliphatic carbocycles. The van der Waals surface area contributed by atoms with Gasteiger partial charge in [0.15, 0.2) is 0 Å². The lowest BCUT2D eigenvalue weighted by Crippen LogP contribution is -2.26. The van der Waals surface area contributed by atoms with Crippen LogP contribution in [0.4, 0.5) is 0 Å². The van der Waals surface area contributed by atoms with E-state index in [1.54, 1.807) is 0 Å². The Morgan fingerprint density at radius 2 is 2.27 bits per heavy atom. The molecule has 0 fully saturated rings. The molecule has 15 heavy (non-hydrogen) atoms. The number of rotatable bonds is 6. The molecule has 1 atom stereocenters. The molecule has 0 aromatic carbocycles. The summed E-state index contributed by atoms with van der Waals surface area (Å²) < 4.78 is 0. The lowest BCUT2D eigenvalue weighted by molar-refractivity contribution is 0.420. The molecule has 0 saturated heterocycles. The molecule has 1 aromatic heterocycles. The van der Waals surface area contributed by atoms with Crippen LogP contribution < -0.4 is 5.32 Å². The maximum atomic E-state index is 3.92.